The second kappa shape index (κ2) is 19.2. The molecule has 1 aromatic rings. The van der Waals surface area contributed by atoms with Crippen molar-refractivity contribution in [1.82, 2.24) is 0 Å². The van der Waals surface area contributed by atoms with E-state index in [2.05, 4.69) is 11.4 Å². The molecule has 1 aliphatic heterocycles. The third-order valence-electron chi connectivity index (χ3n) is 6.61. The van der Waals surface area contributed by atoms with E-state index < -0.39 is 44.6 Å². The van der Waals surface area contributed by atoms with Gasteiger partial charge in [-0.15, -0.1) is 0 Å². The fourth-order valence-electron chi connectivity index (χ4n) is 4.28. The van der Waals surface area contributed by atoms with Crippen molar-refractivity contribution in [2.24, 2.45) is 5.73 Å². The van der Waals surface area contributed by atoms with Gasteiger partial charge in [-0.3, -0.25) is 18.6 Å². The van der Waals surface area contributed by atoms with Gasteiger partial charge in [-0.25, -0.2) is 4.57 Å². The Morgan fingerprint density at radius 1 is 1.07 bits per heavy atom. The SMILES string of the molecule is CCCCCCCCCCCOc1ccccc1CCC(=O)O[C@H]1CCOC[C@@H]1OP(=O)(O)OC[C@H](N)C(=O)O. The molecule has 4 N–H and O–H groups in total. The van der Waals surface area contributed by atoms with Crippen LogP contribution in [0.3, 0.4) is 0 Å². The number of esters is 1. The number of benzene rings is 1. The van der Waals surface area contributed by atoms with Crippen molar-refractivity contribution in [3.63, 3.8) is 0 Å². The quantitative estimate of drug-likeness (QED) is 0.103. The maximum atomic E-state index is 12.6. The number of carboxylic acid groups (broad SMARTS) is 1. The van der Waals surface area contributed by atoms with E-state index in [4.69, 9.17) is 29.6 Å². The van der Waals surface area contributed by atoms with Gasteiger partial charge >= 0.3 is 19.8 Å². The predicted molar refractivity (Wildman–Crippen MR) is 149 cm³/mol. The Morgan fingerprint density at radius 2 is 1.75 bits per heavy atom. The van der Waals surface area contributed by atoms with Crippen molar-refractivity contribution < 1.29 is 47.4 Å². The van der Waals surface area contributed by atoms with Crippen LogP contribution in [0.1, 0.15) is 83.1 Å². The molecule has 1 saturated heterocycles. The molecule has 1 fully saturated rings. The second-order valence-corrected chi connectivity index (χ2v) is 11.4. The smallest absolute Gasteiger partial charge is 0.472 e. The van der Waals surface area contributed by atoms with Gasteiger partial charge in [0.05, 0.1) is 26.4 Å². The number of hydrogen-bond acceptors (Lipinski definition) is 9. The number of aliphatic carboxylic acids is 1. The van der Waals surface area contributed by atoms with Crippen molar-refractivity contribution in [2.75, 3.05) is 26.4 Å². The number of carboxylic acids is 1. The van der Waals surface area contributed by atoms with Crippen LogP contribution in [0.5, 0.6) is 5.75 Å². The third-order valence-corrected chi connectivity index (χ3v) is 7.62. The Balaban J connectivity index is 1.74. The number of unbranched alkanes of at least 4 members (excludes halogenated alkanes) is 8. The van der Waals surface area contributed by atoms with Crippen LogP contribution < -0.4 is 10.5 Å². The summed E-state index contributed by atoms with van der Waals surface area (Å²) >= 11 is 0. The molecule has 0 aromatic heterocycles. The van der Waals surface area contributed by atoms with Crippen molar-refractivity contribution >= 4 is 19.8 Å². The molecule has 0 saturated carbocycles. The minimum atomic E-state index is -4.66. The van der Waals surface area contributed by atoms with Gasteiger partial charge in [-0.2, -0.15) is 0 Å². The number of phosphoric acid groups is 1. The molecule has 0 aliphatic carbocycles. The van der Waals surface area contributed by atoms with Gasteiger partial charge in [0.15, 0.2) is 0 Å². The predicted octanol–water partition coefficient (Wildman–Crippen LogP) is 4.78. The van der Waals surface area contributed by atoms with Gasteiger partial charge < -0.3 is 29.9 Å². The average molecular weight is 588 g/mol. The van der Waals surface area contributed by atoms with Crippen LogP contribution >= 0.6 is 7.82 Å². The molecule has 4 atom stereocenters. The molecule has 0 radical (unpaired) electrons. The van der Waals surface area contributed by atoms with Crippen LogP contribution in [0.4, 0.5) is 0 Å². The van der Waals surface area contributed by atoms with E-state index >= 15 is 0 Å². The fourth-order valence-corrected chi connectivity index (χ4v) is 5.23. The Kier molecular flexibility index (Phi) is 16.4. The highest BCUT2D eigenvalue weighted by Gasteiger charge is 2.37. The van der Waals surface area contributed by atoms with E-state index in [9.17, 15) is 19.0 Å². The van der Waals surface area contributed by atoms with Gasteiger partial charge in [0, 0.05) is 12.8 Å². The lowest BCUT2D eigenvalue weighted by atomic mass is 10.1. The van der Waals surface area contributed by atoms with Crippen LogP contribution in [-0.2, 0) is 39.1 Å². The van der Waals surface area contributed by atoms with E-state index in [1.165, 1.54) is 44.9 Å². The highest BCUT2D eigenvalue weighted by atomic mass is 31.2. The third kappa shape index (κ3) is 14.1. The number of para-hydroxylation sites is 1. The summed E-state index contributed by atoms with van der Waals surface area (Å²) in [5.74, 6) is -1.13. The first kappa shape index (κ1) is 34.2. The second-order valence-electron chi connectivity index (χ2n) is 10.0. The van der Waals surface area contributed by atoms with E-state index in [-0.39, 0.29) is 26.1 Å². The molecule has 2 rings (SSSR count). The molecule has 40 heavy (non-hydrogen) atoms. The summed E-state index contributed by atoms with van der Waals surface area (Å²) in [5.41, 5.74) is 6.20. The molecular weight excluding hydrogens is 541 g/mol. The van der Waals surface area contributed by atoms with Gasteiger partial charge in [-0.05, 0) is 24.5 Å². The lowest BCUT2D eigenvalue weighted by Crippen LogP contribution is -2.41. The molecule has 11 nitrogen and oxygen atoms in total. The molecule has 12 heteroatoms. The van der Waals surface area contributed by atoms with Gasteiger partial charge in [0.2, 0.25) is 0 Å². The summed E-state index contributed by atoms with van der Waals surface area (Å²) in [6, 6.07) is 6.11. The number of ether oxygens (including phenoxy) is 3. The molecular formula is C28H46NO10P. The lowest BCUT2D eigenvalue weighted by molar-refractivity contribution is -0.164. The van der Waals surface area contributed by atoms with Crippen molar-refractivity contribution in [1.29, 1.82) is 0 Å². The summed E-state index contributed by atoms with van der Waals surface area (Å²) in [6.07, 6.45) is 10.0. The van der Waals surface area contributed by atoms with Gasteiger partial charge in [0.1, 0.15) is 24.0 Å². The first-order valence-corrected chi connectivity index (χ1v) is 15.8. The maximum Gasteiger partial charge on any atom is 0.472 e. The molecule has 1 heterocycles. The zero-order valence-electron chi connectivity index (χ0n) is 23.5. The van der Waals surface area contributed by atoms with Crippen LogP contribution in [-0.4, -0.2) is 66.6 Å². The maximum absolute atomic E-state index is 12.6. The van der Waals surface area contributed by atoms with Crippen LogP contribution in [0, 0.1) is 0 Å². The Morgan fingerprint density at radius 3 is 2.45 bits per heavy atom. The molecule has 0 amide bonds. The van der Waals surface area contributed by atoms with Gasteiger partial charge in [-0.1, -0.05) is 76.5 Å². The number of rotatable bonds is 21. The lowest BCUT2D eigenvalue weighted by Gasteiger charge is -2.31. The normalized spacial score (nSPS) is 19.5. The molecule has 1 unspecified atom stereocenters. The molecule has 1 aliphatic rings. The Hall–Kier alpha value is -2.01. The van der Waals surface area contributed by atoms with E-state index in [1.54, 1.807) is 0 Å². The first-order valence-electron chi connectivity index (χ1n) is 14.3. The zero-order chi connectivity index (χ0) is 29.2. The average Bonchev–Trinajstić information content (AvgIpc) is 2.93. The van der Waals surface area contributed by atoms with Crippen molar-refractivity contribution in [3.05, 3.63) is 29.8 Å². The van der Waals surface area contributed by atoms with Crippen LogP contribution in [0.2, 0.25) is 0 Å². The minimum absolute atomic E-state index is 0.0865. The number of hydrogen-bond donors (Lipinski definition) is 3. The number of carbonyl (C=O) groups is 2. The highest BCUT2D eigenvalue weighted by Crippen LogP contribution is 2.46. The topological polar surface area (TPSA) is 164 Å². The summed E-state index contributed by atoms with van der Waals surface area (Å²) in [4.78, 5) is 33.4. The Bertz CT molecular complexity index is 930. The number of nitrogens with two attached hydrogens (primary N) is 1. The zero-order valence-corrected chi connectivity index (χ0v) is 24.4. The van der Waals surface area contributed by atoms with E-state index in [0.717, 1.165) is 24.2 Å². The molecule has 0 bridgehead atoms. The number of carbonyl (C=O) groups excluding carboxylic acids is 1. The Labute approximate surface area is 237 Å². The van der Waals surface area contributed by atoms with E-state index in [1.807, 2.05) is 24.3 Å². The summed E-state index contributed by atoms with van der Waals surface area (Å²) in [6.45, 7) is 2.33. The van der Waals surface area contributed by atoms with Gasteiger partial charge in [0.25, 0.3) is 0 Å². The highest BCUT2D eigenvalue weighted by molar-refractivity contribution is 7.47. The van der Waals surface area contributed by atoms with Crippen LogP contribution in [0.25, 0.3) is 0 Å². The van der Waals surface area contributed by atoms with Crippen LogP contribution in [0.15, 0.2) is 24.3 Å². The molecule has 0 spiro atoms. The number of phosphoric ester groups is 1. The summed E-state index contributed by atoms with van der Waals surface area (Å²) < 4.78 is 38.9. The largest absolute Gasteiger partial charge is 0.493 e. The summed E-state index contributed by atoms with van der Waals surface area (Å²) in [5, 5.41) is 8.80. The first-order chi connectivity index (χ1) is 19.2. The number of aryl methyl sites for hydroxylation is 1. The minimum Gasteiger partial charge on any atom is -0.493 e. The monoisotopic (exact) mass is 587 g/mol. The van der Waals surface area contributed by atoms with Crippen molar-refractivity contribution in [2.45, 2.75) is 102 Å². The van der Waals surface area contributed by atoms with E-state index in [0.29, 0.717) is 13.0 Å². The summed E-state index contributed by atoms with van der Waals surface area (Å²) in [7, 11) is -4.66. The van der Waals surface area contributed by atoms with Crippen molar-refractivity contribution in [3.8, 4) is 5.75 Å². The standard InChI is InChI=1S/C28H46NO10P/c1-2-3-4-5-6-7-8-9-12-18-36-24-14-11-10-13-22(24)15-16-27(30)38-25-17-19-35-21-26(25)39-40(33,34)37-20-23(29)28(31)32/h10-11,13-14,23,25-26H,2-9,12,15-21,29H2,1H3,(H,31,32)(H,33,34)/t23-,25-,26-/m0/s1. The molecule has 228 valence electrons. The molecule has 1 aromatic carbocycles. The fraction of sp³-hybridized carbons (Fsp3) is 0.714.